The molecule has 5 nitrogen and oxygen atoms in total. The van der Waals surface area contributed by atoms with Gasteiger partial charge in [-0.25, -0.2) is 8.42 Å². The third-order valence-corrected chi connectivity index (χ3v) is 7.00. The lowest BCUT2D eigenvalue weighted by atomic mass is 10.0. The Hall–Kier alpha value is -2.05. The number of sulfonamides is 1. The van der Waals surface area contributed by atoms with Gasteiger partial charge in [0, 0.05) is 12.6 Å². The number of benzene rings is 2. The van der Waals surface area contributed by atoms with E-state index in [0.717, 1.165) is 36.8 Å². The molecule has 0 spiro atoms. The molecule has 1 atom stereocenters. The van der Waals surface area contributed by atoms with Gasteiger partial charge in [-0.05, 0) is 37.5 Å². The van der Waals surface area contributed by atoms with Gasteiger partial charge in [0.2, 0.25) is 10.0 Å². The van der Waals surface area contributed by atoms with Gasteiger partial charge in [0.05, 0.1) is 25.2 Å². The number of hydrogen-bond donors (Lipinski definition) is 0. The third-order valence-electron chi connectivity index (χ3n) is 5.09. The van der Waals surface area contributed by atoms with Crippen molar-refractivity contribution in [2.45, 2.75) is 43.5 Å². The molecule has 2 aromatic carbocycles. The van der Waals surface area contributed by atoms with Crippen molar-refractivity contribution in [3.8, 4) is 11.5 Å². The lowest BCUT2D eigenvalue weighted by molar-refractivity contribution is 0.327. The Bertz CT molecular complexity index is 895. The Morgan fingerprint density at radius 3 is 2.44 bits per heavy atom. The summed E-state index contributed by atoms with van der Waals surface area (Å²) in [4.78, 5) is 0.236. The summed E-state index contributed by atoms with van der Waals surface area (Å²) >= 11 is 0. The second-order valence-corrected chi connectivity index (χ2v) is 8.80. The first-order valence-electron chi connectivity index (χ1n) is 9.28. The molecule has 0 aromatic heterocycles. The summed E-state index contributed by atoms with van der Waals surface area (Å²) in [6.07, 6.45) is 3.77. The topological polar surface area (TPSA) is 55.8 Å². The Kier molecular flexibility index (Phi) is 6.07. The average molecular weight is 390 g/mol. The van der Waals surface area contributed by atoms with Crippen LogP contribution in [0.5, 0.6) is 11.5 Å². The molecule has 1 saturated heterocycles. The Balaban J connectivity index is 2.04. The van der Waals surface area contributed by atoms with Gasteiger partial charge < -0.3 is 9.47 Å². The SMILES string of the molecule is COc1ccc(S(=O)(=O)N2CCCCCC2c2cccc(C)c2)cc1OC. The minimum absolute atomic E-state index is 0.148. The summed E-state index contributed by atoms with van der Waals surface area (Å²) < 4.78 is 39.2. The molecular weight excluding hydrogens is 362 g/mol. The molecule has 146 valence electrons. The van der Waals surface area contributed by atoms with Crippen LogP contribution in [-0.4, -0.2) is 33.5 Å². The summed E-state index contributed by atoms with van der Waals surface area (Å²) in [5.74, 6) is 0.933. The van der Waals surface area contributed by atoms with Crippen LogP contribution in [0.1, 0.15) is 42.9 Å². The van der Waals surface area contributed by atoms with Gasteiger partial charge in [0.15, 0.2) is 11.5 Å². The second kappa shape index (κ2) is 8.31. The highest BCUT2D eigenvalue weighted by Gasteiger charge is 2.34. The first kappa shape index (κ1) is 19.7. The molecule has 2 aromatic rings. The molecule has 1 unspecified atom stereocenters. The number of ether oxygens (including phenoxy) is 2. The van der Waals surface area contributed by atoms with Crippen LogP contribution in [0.3, 0.4) is 0 Å². The van der Waals surface area contributed by atoms with Crippen LogP contribution >= 0.6 is 0 Å². The summed E-state index contributed by atoms with van der Waals surface area (Å²) in [5.41, 5.74) is 2.20. The molecule has 1 aliphatic heterocycles. The summed E-state index contributed by atoms with van der Waals surface area (Å²) in [6, 6.07) is 12.8. The molecule has 0 bridgehead atoms. The molecule has 0 aliphatic carbocycles. The monoisotopic (exact) mass is 389 g/mol. The van der Waals surface area contributed by atoms with Gasteiger partial charge in [0.1, 0.15) is 0 Å². The Morgan fingerprint density at radius 1 is 0.963 bits per heavy atom. The highest BCUT2D eigenvalue weighted by Crippen LogP contribution is 2.37. The minimum Gasteiger partial charge on any atom is -0.493 e. The van der Waals surface area contributed by atoms with Crippen molar-refractivity contribution in [3.63, 3.8) is 0 Å². The van der Waals surface area contributed by atoms with Crippen molar-refractivity contribution < 1.29 is 17.9 Å². The number of nitrogens with zero attached hydrogens (tertiary/aromatic N) is 1. The first-order valence-corrected chi connectivity index (χ1v) is 10.7. The first-order chi connectivity index (χ1) is 13.0. The van der Waals surface area contributed by atoms with Gasteiger partial charge in [-0.15, -0.1) is 0 Å². The highest BCUT2D eigenvalue weighted by atomic mass is 32.2. The van der Waals surface area contributed by atoms with Crippen molar-refractivity contribution in [3.05, 3.63) is 53.6 Å². The van der Waals surface area contributed by atoms with E-state index in [0.29, 0.717) is 18.0 Å². The number of rotatable bonds is 5. The zero-order valence-electron chi connectivity index (χ0n) is 16.1. The van der Waals surface area contributed by atoms with Crippen molar-refractivity contribution in [1.82, 2.24) is 4.31 Å². The van der Waals surface area contributed by atoms with Crippen LogP contribution in [0.2, 0.25) is 0 Å². The largest absolute Gasteiger partial charge is 0.493 e. The molecule has 0 N–H and O–H groups in total. The van der Waals surface area contributed by atoms with E-state index in [4.69, 9.17) is 9.47 Å². The van der Waals surface area contributed by atoms with E-state index in [9.17, 15) is 8.42 Å². The quantitative estimate of drug-likeness (QED) is 0.764. The van der Waals surface area contributed by atoms with E-state index in [1.165, 1.54) is 14.2 Å². The molecule has 3 rings (SSSR count). The van der Waals surface area contributed by atoms with Crippen molar-refractivity contribution in [2.24, 2.45) is 0 Å². The Morgan fingerprint density at radius 2 is 1.74 bits per heavy atom. The zero-order chi connectivity index (χ0) is 19.4. The smallest absolute Gasteiger partial charge is 0.243 e. The van der Waals surface area contributed by atoms with Crippen LogP contribution in [0, 0.1) is 6.92 Å². The van der Waals surface area contributed by atoms with Crippen molar-refractivity contribution in [1.29, 1.82) is 0 Å². The molecule has 27 heavy (non-hydrogen) atoms. The molecule has 0 saturated carbocycles. The van der Waals surface area contributed by atoms with E-state index in [1.807, 2.05) is 25.1 Å². The van der Waals surface area contributed by atoms with Gasteiger partial charge in [-0.3, -0.25) is 0 Å². The molecular formula is C21H27NO4S. The van der Waals surface area contributed by atoms with Crippen LogP contribution in [0.25, 0.3) is 0 Å². The minimum atomic E-state index is -3.66. The van der Waals surface area contributed by atoms with Gasteiger partial charge in [-0.2, -0.15) is 4.31 Å². The fourth-order valence-corrected chi connectivity index (χ4v) is 5.39. The average Bonchev–Trinajstić information content (AvgIpc) is 2.94. The normalized spacial score (nSPS) is 18.7. The molecule has 0 amide bonds. The number of hydrogen-bond acceptors (Lipinski definition) is 4. The summed E-state index contributed by atoms with van der Waals surface area (Å²) in [6.45, 7) is 2.56. The highest BCUT2D eigenvalue weighted by molar-refractivity contribution is 7.89. The predicted molar refractivity (Wildman–Crippen MR) is 106 cm³/mol. The van der Waals surface area contributed by atoms with E-state index in [1.54, 1.807) is 22.5 Å². The molecule has 0 radical (unpaired) electrons. The molecule has 1 fully saturated rings. The molecule has 1 aliphatic rings. The van der Waals surface area contributed by atoms with Crippen LogP contribution < -0.4 is 9.47 Å². The van der Waals surface area contributed by atoms with Crippen molar-refractivity contribution >= 4 is 10.0 Å². The molecule has 6 heteroatoms. The summed E-state index contributed by atoms with van der Waals surface area (Å²) in [7, 11) is -0.609. The number of methoxy groups -OCH3 is 2. The van der Waals surface area contributed by atoms with Crippen LogP contribution in [0.4, 0.5) is 0 Å². The van der Waals surface area contributed by atoms with Crippen LogP contribution in [-0.2, 0) is 10.0 Å². The van der Waals surface area contributed by atoms with Crippen LogP contribution in [0.15, 0.2) is 47.4 Å². The third kappa shape index (κ3) is 4.12. The van der Waals surface area contributed by atoms with Crippen molar-refractivity contribution in [2.75, 3.05) is 20.8 Å². The van der Waals surface area contributed by atoms with E-state index in [2.05, 4.69) is 6.07 Å². The zero-order valence-corrected chi connectivity index (χ0v) is 17.0. The van der Waals surface area contributed by atoms with Gasteiger partial charge >= 0.3 is 0 Å². The second-order valence-electron chi connectivity index (χ2n) is 6.91. The maximum atomic E-state index is 13.5. The van der Waals surface area contributed by atoms with E-state index in [-0.39, 0.29) is 10.9 Å². The Labute approximate surface area is 162 Å². The lowest BCUT2D eigenvalue weighted by Crippen LogP contribution is -2.34. The maximum absolute atomic E-state index is 13.5. The fraction of sp³-hybridized carbons (Fsp3) is 0.429. The standard InChI is InChI=1S/C21H27NO4S/c1-16-8-7-9-17(14-16)19-10-5-4-6-13-22(19)27(23,24)18-11-12-20(25-2)21(15-18)26-3/h7-9,11-12,14-15,19H,4-6,10,13H2,1-3H3. The molecule has 1 heterocycles. The van der Waals surface area contributed by atoms with Gasteiger partial charge in [-0.1, -0.05) is 42.7 Å². The number of aryl methyl sites for hydroxylation is 1. The van der Waals surface area contributed by atoms with Gasteiger partial charge in [0.25, 0.3) is 0 Å². The summed E-state index contributed by atoms with van der Waals surface area (Å²) in [5, 5.41) is 0. The van der Waals surface area contributed by atoms with E-state index < -0.39 is 10.0 Å². The maximum Gasteiger partial charge on any atom is 0.243 e. The van der Waals surface area contributed by atoms with E-state index >= 15 is 0 Å². The fourth-order valence-electron chi connectivity index (χ4n) is 3.69. The lowest BCUT2D eigenvalue weighted by Gasteiger charge is -2.30. The predicted octanol–water partition coefficient (Wildman–Crippen LogP) is 4.32.